The van der Waals surface area contributed by atoms with E-state index in [1.807, 2.05) is 25.1 Å². The SMILES string of the molecule is CCN(C[C@H]1CC[C@H](C(=O)O)CC1)c1cc2c(cc1CN(Cc1cc(C#N)cc(CF)c1)c1cc(C)no1)CCCC2. The highest BCUT2D eigenvalue weighted by atomic mass is 19.1. The minimum Gasteiger partial charge on any atom is -0.481 e. The summed E-state index contributed by atoms with van der Waals surface area (Å²) < 4.78 is 19.4. The highest BCUT2D eigenvalue weighted by molar-refractivity contribution is 5.70. The number of hydrogen-bond acceptors (Lipinski definition) is 6. The van der Waals surface area contributed by atoms with Crippen LogP contribution in [0.4, 0.5) is 16.0 Å². The van der Waals surface area contributed by atoms with Gasteiger partial charge in [-0.1, -0.05) is 17.3 Å². The minimum atomic E-state index is -0.667. The lowest BCUT2D eigenvalue weighted by atomic mass is 9.81. The van der Waals surface area contributed by atoms with E-state index in [2.05, 4.69) is 40.1 Å². The molecule has 2 aromatic carbocycles. The van der Waals surface area contributed by atoms with Gasteiger partial charge in [0.05, 0.1) is 23.2 Å². The Labute approximate surface area is 247 Å². The summed E-state index contributed by atoms with van der Waals surface area (Å²) >= 11 is 0. The van der Waals surface area contributed by atoms with Crippen LogP contribution in [0.25, 0.3) is 0 Å². The van der Waals surface area contributed by atoms with E-state index in [1.165, 1.54) is 35.2 Å². The smallest absolute Gasteiger partial charge is 0.306 e. The maximum atomic E-state index is 13.6. The molecule has 8 heteroatoms. The number of hydrogen-bond donors (Lipinski definition) is 1. The maximum Gasteiger partial charge on any atom is 0.306 e. The molecule has 0 unspecified atom stereocenters. The predicted molar refractivity (Wildman–Crippen MR) is 161 cm³/mol. The van der Waals surface area contributed by atoms with Crippen LogP contribution in [0.1, 0.15) is 84.5 Å². The molecule has 0 atom stereocenters. The van der Waals surface area contributed by atoms with E-state index in [9.17, 15) is 19.6 Å². The Hall–Kier alpha value is -3.86. The van der Waals surface area contributed by atoms with Crippen LogP contribution < -0.4 is 9.80 Å². The largest absolute Gasteiger partial charge is 0.481 e. The van der Waals surface area contributed by atoms with Gasteiger partial charge in [0.25, 0.3) is 0 Å². The van der Waals surface area contributed by atoms with Crippen LogP contribution >= 0.6 is 0 Å². The highest BCUT2D eigenvalue weighted by Gasteiger charge is 2.28. The second kappa shape index (κ2) is 13.4. The van der Waals surface area contributed by atoms with E-state index in [0.29, 0.717) is 36.0 Å². The van der Waals surface area contributed by atoms with Gasteiger partial charge in [0, 0.05) is 37.9 Å². The lowest BCUT2D eigenvalue weighted by molar-refractivity contribution is -0.143. The van der Waals surface area contributed by atoms with E-state index in [4.69, 9.17) is 4.52 Å². The molecule has 3 aromatic rings. The number of benzene rings is 2. The number of alkyl halides is 1. The average Bonchev–Trinajstić information content (AvgIpc) is 3.45. The van der Waals surface area contributed by atoms with E-state index in [0.717, 1.165) is 62.9 Å². The van der Waals surface area contributed by atoms with Crippen molar-refractivity contribution >= 4 is 17.5 Å². The Morgan fingerprint density at radius 3 is 2.36 bits per heavy atom. The summed E-state index contributed by atoms with van der Waals surface area (Å²) in [5, 5.41) is 23.1. The third-order valence-electron chi connectivity index (χ3n) is 8.94. The van der Waals surface area contributed by atoms with Gasteiger partial charge in [-0.2, -0.15) is 5.26 Å². The number of carboxylic acid groups (broad SMARTS) is 1. The lowest BCUT2D eigenvalue weighted by Crippen LogP contribution is -2.34. The molecule has 2 aliphatic carbocycles. The van der Waals surface area contributed by atoms with Gasteiger partial charge in [0.1, 0.15) is 6.67 Å². The van der Waals surface area contributed by atoms with Crippen molar-refractivity contribution in [1.82, 2.24) is 5.16 Å². The number of anilines is 2. The zero-order valence-electron chi connectivity index (χ0n) is 24.7. The highest BCUT2D eigenvalue weighted by Crippen LogP contribution is 2.35. The molecule has 7 nitrogen and oxygen atoms in total. The summed E-state index contributed by atoms with van der Waals surface area (Å²) in [5.41, 5.74) is 7.80. The summed E-state index contributed by atoms with van der Waals surface area (Å²) in [7, 11) is 0. The normalized spacial score (nSPS) is 18.2. The zero-order chi connectivity index (χ0) is 29.6. The first-order valence-electron chi connectivity index (χ1n) is 15.3. The topological polar surface area (TPSA) is 93.6 Å². The number of aromatic nitrogens is 1. The van der Waals surface area contributed by atoms with Crippen molar-refractivity contribution in [3.63, 3.8) is 0 Å². The number of nitriles is 1. The molecule has 1 aromatic heterocycles. The number of aryl methyl sites for hydroxylation is 3. The Balaban J connectivity index is 1.47. The van der Waals surface area contributed by atoms with E-state index in [-0.39, 0.29) is 5.92 Å². The molecular formula is C34H41FN4O3. The van der Waals surface area contributed by atoms with Crippen LogP contribution in [0.15, 0.2) is 40.9 Å². The number of carbonyl (C=O) groups is 1. The van der Waals surface area contributed by atoms with E-state index in [1.54, 1.807) is 6.07 Å². The average molecular weight is 573 g/mol. The van der Waals surface area contributed by atoms with Crippen LogP contribution in [0.3, 0.4) is 0 Å². The molecule has 0 amide bonds. The third kappa shape index (κ3) is 6.95. The van der Waals surface area contributed by atoms with Gasteiger partial charge in [-0.05, 0) is 117 Å². The molecule has 0 aliphatic heterocycles. The fraction of sp³-hybridized carbons (Fsp3) is 0.500. The van der Waals surface area contributed by atoms with Crippen molar-refractivity contribution in [3.05, 3.63) is 75.5 Å². The van der Waals surface area contributed by atoms with Crippen molar-refractivity contribution < 1.29 is 18.8 Å². The number of aliphatic carboxylic acids is 1. The Bertz CT molecular complexity index is 1440. The quantitative estimate of drug-likeness (QED) is 0.261. The number of fused-ring (bicyclic) bond motifs is 1. The monoisotopic (exact) mass is 572 g/mol. The van der Waals surface area contributed by atoms with Crippen molar-refractivity contribution in [2.24, 2.45) is 11.8 Å². The first-order chi connectivity index (χ1) is 20.4. The fourth-order valence-corrected chi connectivity index (χ4v) is 6.68. The summed E-state index contributed by atoms with van der Waals surface area (Å²) in [5.74, 6) is 0.215. The number of nitrogens with zero attached hydrogens (tertiary/aromatic N) is 4. The first kappa shape index (κ1) is 29.6. The van der Waals surface area contributed by atoms with Crippen molar-refractivity contribution in [2.75, 3.05) is 22.9 Å². The summed E-state index contributed by atoms with van der Waals surface area (Å²) in [6.45, 7) is 6.23. The molecule has 222 valence electrons. The summed E-state index contributed by atoms with van der Waals surface area (Å²) in [4.78, 5) is 16.1. The Morgan fingerprint density at radius 2 is 1.74 bits per heavy atom. The molecule has 0 saturated heterocycles. The zero-order valence-corrected chi connectivity index (χ0v) is 24.7. The van der Waals surface area contributed by atoms with Gasteiger partial charge in [0.15, 0.2) is 0 Å². The van der Waals surface area contributed by atoms with Crippen LogP contribution in [0, 0.1) is 30.1 Å². The van der Waals surface area contributed by atoms with E-state index >= 15 is 0 Å². The maximum absolute atomic E-state index is 13.6. The van der Waals surface area contributed by atoms with Gasteiger partial charge in [-0.25, -0.2) is 4.39 Å². The standard InChI is InChI=1S/C34H41FN4O3/c1-3-38(20-24-8-10-28(11-9-24)34(40)41)32-17-30-7-5-4-6-29(30)16-31(32)22-39(33-12-23(2)37-42-33)21-27-14-25(18-35)13-26(15-27)19-36/h12-17,24,28H,3-11,18,20-22H2,1-2H3,(H,40,41)/t24-,28-. The molecule has 5 rings (SSSR count). The molecule has 0 bridgehead atoms. The molecule has 1 fully saturated rings. The number of carboxylic acids is 1. The summed E-state index contributed by atoms with van der Waals surface area (Å²) in [6.07, 6.45) is 7.90. The van der Waals surface area contributed by atoms with Crippen LogP contribution in [-0.4, -0.2) is 29.3 Å². The van der Waals surface area contributed by atoms with Crippen LogP contribution in [0.5, 0.6) is 0 Å². The minimum absolute atomic E-state index is 0.216. The number of halogens is 1. The molecule has 42 heavy (non-hydrogen) atoms. The molecule has 1 heterocycles. The van der Waals surface area contributed by atoms with Gasteiger partial charge >= 0.3 is 5.97 Å². The Kier molecular flexibility index (Phi) is 9.46. The molecule has 0 radical (unpaired) electrons. The van der Waals surface area contributed by atoms with Gasteiger partial charge in [-0.3, -0.25) is 4.79 Å². The molecule has 1 N–H and O–H groups in total. The van der Waals surface area contributed by atoms with Gasteiger partial charge in [-0.15, -0.1) is 0 Å². The summed E-state index contributed by atoms with van der Waals surface area (Å²) in [6, 6.07) is 14.1. The molecule has 0 spiro atoms. The van der Waals surface area contributed by atoms with Crippen molar-refractivity contribution in [2.45, 2.75) is 85.0 Å². The van der Waals surface area contributed by atoms with Crippen molar-refractivity contribution in [1.29, 1.82) is 5.26 Å². The molecular weight excluding hydrogens is 531 g/mol. The van der Waals surface area contributed by atoms with Crippen LogP contribution in [-0.2, 0) is 37.4 Å². The third-order valence-corrected chi connectivity index (χ3v) is 8.94. The van der Waals surface area contributed by atoms with Gasteiger partial charge in [0.2, 0.25) is 5.88 Å². The van der Waals surface area contributed by atoms with E-state index < -0.39 is 12.6 Å². The lowest BCUT2D eigenvalue weighted by Gasteiger charge is -2.35. The van der Waals surface area contributed by atoms with Crippen LogP contribution in [0.2, 0.25) is 0 Å². The van der Waals surface area contributed by atoms with Gasteiger partial charge < -0.3 is 19.4 Å². The number of rotatable bonds is 11. The fourth-order valence-electron chi connectivity index (χ4n) is 6.68. The predicted octanol–water partition coefficient (Wildman–Crippen LogP) is 7.13. The second-order valence-corrected chi connectivity index (χ2v) is 12.0. The van der Waals surface area contributed by atoms with Crippen molar-refractivity contribution in [3.8, 4) is 6.07 Å². The Morgan fingerprint density at radius 1 is 1.02 bits per heavy atom. The molecule has 2 aliphatic rings. The first-order valence-corrected chi connectivity index (χ1v) is 15.3. The second-order valence-electron chi connectivity index (χ2n) is 12.0. The molecule has 1 saturated carbocycles.